The standard InChI is InChI=1S/C13H22N2O4/c1-3-15(11-7-19-6-10(11)13(17)18)12(16)9-4-5-14-8(9)2/h8-11,14H,3-7H2,1-2H3,(H,17,18). The molecule has 2 heterocycles. The van der Waals surface area contributed by atoms with Crippen LogP contribution in [0.15, 0.2) is 0 Å². The van der Waals surface area contributed by atoms with Crippen molar-refractivity contribution >= 4 is 11.9 Å². The zero-order valence-corrected chi connectivity index (χ0v) is 11.5. The Morgan fingerprint density at radius 2 is 2.11 bits per heavy atom. The number of carbonyl (C=O) groups excluding carboxylic acids is 1. The summed E-state index contributed by atoms with van der Waals surface area (Å²) in [5, 5.41) is 12.5. The summed E-state index contributed by atoms with van der Waals surface area (Å²) in [6.45, 7) is 5.79. The van der Waals surface area contributed by atoms with Crippen molar-refractivity contribution in [3.8, 4) is 0 Å². The Kier molecular flexibility index (Phi) is 4.42. The van der Waals surface area contributed by atoms with Crippen molar-refractivity contribution in [2.24, 2.45) is 11.8 Å². The van der Waals surface area contributed by atoms with Gasteiger partial charge in [-0.05, 0) is 26.8 Å². The molecule has 2 rings (SSSR count). The molecule has 0 aromatic rings. The van der Waals surface area contributed by atoms with E-state index in [-0.39, 0.29) is 30.5 Å². The van der Waals surface area contributed by atoms with Crippen molar-refractivity contribution in [1.29, 1.82) is 0 Å². The van der Waals surface area contributed by atoms with Gasteiger partial charge < -0.3 is 20.1 Å². The van der Waals surface area contributed by atoms with Crippen LogP contribution in [-0.4, -0.2) is 60.3 Å². The second kappa shape index (κ2) is 5.88. The summed E-state index contributed by atoms with van der Waals surface area (Å²) in [6.07, 6.45) is 0.821. The lowest BCUT2D eigenvalue weighted by atomic mass is 9.96. The number of amides is 1. The predicted molar refractivity (Wildman–Crippen MR) is 68.7 cm³/mol. The van der Waals surface area contributed by atoms with Crippen LogP contribution < -0.4 is 5.32 Å². The van der Waals surface area contributed by atoms with E-state index in [1.165, 1.54) is 0 Å². The fourth-order valence-electron chi connectivity index (χ4n) is 3.05. The number of nitrogens with zero attached hydrogens (tertiary/aromatic N) is 1. The van der Waals surface area contributed by atoms with Crippen LogP contribution >= 0.6 is 0 Å². The van der Waals surface area contributed by atoms with E-state index in [1.807, 2.05) is 13.8 Å². The molecule has 0 saturated carbocycles. The molecule has 2 aliphatic heterocycles. The fraction of sp³-hybridized carbons (Fsp3) is 0.846. The normalized spacial score (nSPS) is 34.4. The smallest absolute Gasteiger partial charge is 0.311 e. The molecule has 0 spiro atoms. The van der Waals surface area contributed by atoms with Gasteiger partial charge in [0.1, 0.15) is 5.92 Å². The number of carboxylic acids is 1. The molecule has 6 heteroatoms. The average Bonchev–Trinajstić information content (AvgIpc) is 2.98. The van der Waals surface area contributed by atoms with Gasteiger partial charge >= 0.3 is 5.97 Å². The van der Waals surface area contributed by atoms with Gasteiger partial charge in [-0.15, -0.1) is 0 Å². The van der Waals surface area contributed by atoms with Crippen molar-refractivity contribution in [3.63, 3.8) is 0 Å². The molecule has 1 amide bonds. The van der Waals surface area contributed by atoms with Gasteiger partial charge in [-0.25, -0.2) is 0 Å². The minimum atomic E-state index is -0.883. The molecule has 108 valence electrons. The van der Waals surface area contributed by atoms with Crippen LogP contribution in [0.1, 0.15) is 20.3 Å². The van der Waals surface area contributed by atoms with Gasteiger partial charge in [-0.1, -0.05) is 0 Å². The predicted octanol–water partition coefficient (Wildman–Crippen LogP) is -0.0675. The molecule has 2 N–H and O–H groups in total. The Bertz CT molecular complexity index is 361. The minimum absolute atomic E-state index is 0.0463. The van der Waals surface area contributed by atoms with Crippen molar-refractivity contribution in [3.05, 3.63) is 0 Å². The third kappa shape index (κ3) is 2.74. The molecule has 0 aliphatic carbocycles. The Labute approximate surface area is 113 Å². The maximum Gasteiger partial charge on any atom is 0.311 e. The van der Waals surface area contributed by atoms with E-state index in [1.54, 1.807) is 4.90 Å². The van der Waals surface area contributed by atoms with E-state index in [0.717, 1.165) is 13.0 Å². The van der Waals surface area contributed by atoms with Crippen LogP contribution in [0.4, 0.5) is 0 Å². The molecule has 2 aliphatic rings. The first-order valence-corrected chi connectivity index (χ1v) is 6.90. The van der Waals surface area contributed by atoms with Crippen molar-refractivity contribution in [2.75, 3.05) is 26.3 Å². The molecule has 0 bridgehead atoms. The maximum atomic E-state index is 12.6. The maximum absolute atomic E-state index is 12.6. The highest BCUT2D eigenvalue weighted by Gasteiger charge is 2.42. The van der Waals surface area contributed by atoms with Gasteiger partial charge in [0.25, 0.3) is 0 Å². The summed E-state index contributed by atoms with van der Waals surface area (Å²) in [5.41, 5.74) is 0. The number of likely N-dealkylation sites (N-methyl/N-ethyl adjacent to an activating group) is 1. The van der Waals surface area contributed by atoms with Crippen LogP contribution in [-0.2, 0) is 14.3 Å². The minimum Gasteiger partial charge on any atom is -0.481 e. The summed E-state index contributed by atoms with van der Waals surface area (Å²) >= 11 is 0. The van der Waals surface area contributed by atoms with Crippen molar-refractivity contribution in [2.45, 2.75) is 32.4 Å². The zero-order valence-electron chi connectivity index (χ0n) is 11.5. The molecule has 4 unspecified atom stereocenters. The highest BCUT2D eigenvalue weighted by Crippen LogP contribution is 2.25. The van der Waals surface area contributed by atoms with Gasteiger partial charge in [0.2, 0.25) is 5.91 Å². The zero-order chi connectivity index (χ0) is 14.0. The molecule has 4 atom stereocenters. The molecule has 19 heavy (non-hydrogen) atoms. The first kappa shape index (κ1) is 14.3. The molecule has 0 aromatic heterocycles. The van der Waals surface area contributed by atoms with E-state index in [9.17, 15) is 14.7 Å². The Balaban J connectivity index is 2.10. The van der Waals surface area contributed by atoms with E-state index < -0.39 is 11.9 Å². The number of carbonyl (C=O) groups is 2. The first-order chi connectivity index (χ1) is 9.06. The molecule has 0 aromatic carbocycles. The Morgan fingerprint density at radius 1 is 1.37 bits per heavy atom. The number of ether oxygens (including phenoxy) is 1. The van der Waals surface area contributed by atoms with Crippen LogP contribution in [0.5, 0.6) is 0 Å². The SMILES string of the molecule is CCN(C(=O)C1CCNC1C)C1COCC1C(=O)O. The van der Waals surface area contributed by atoms with E-state index in [2.05, 4.69) is 5.32 Å². The lowest BCUT2D eigenvalue weighted by Crippen LogP contribution is -2.50. The summed E-state index contributed by atoms with van der Waals surface area (Å²) < 4.78 is 5.26. The summed E-state index contributed by atoms with van der Waals surface area (Å²) in [7, 11) is 0. The largest absolute Gasteiger partial charge is 0.481 e. The average molecular weight is 270 g/mol. The Morgan fingerprint density at radius 3 is 2.63 bits per heavy atom. The topological polar surface area (TPSA) is 78.9 Å². The number of rotatable bonds is 4. The molecular weight excluding hydrogens is 248 g/mol. The van der Waals surface area contributed by atoms with E-state index in [4.69, 9.17) is 4.74 Å². The third-order valence-electron chi connectivity index (χ3n) is 4.23. The van der Waals surface area contributed by atoms with Crippen molar-refractivity contribution in [1.82, 2.24) is 10.2 Å². The second-order valence-corrected chi connectivity index (χ2v) is 5.31. The first-order valence-electron chi connectivity index (χ1n) is 6.90. The number of hydrogen-bond donors (Lipinski definition) is 2. The van der Waals surface area contributed by atoms with Crippen LogP contribution in [0.25, 0.3) is 0 Å². The summed E-state index contributed by atoms with van der Waals surface area (Å²) in [4.78, 5) is 25.5. The number of hydrogen-bond acceptors (Lipinski definition) is 4. The van der Waals surface area contributed by atoms with Crippen molar-refractivity contribution < 1.29 is 19.4 Å². The van der Waals surface area contributed by atoms with Crippen LogP contribution in [0, 0.1) is 11.8 Å². The quantitative estimate of drug-likeness (QED) is 0.748. The molecule has 2 fully saturated rings. The molecule has 6 nitrogen and oxygen atoms in total. The number of nitrogens with one attached hydrogen (secondary N) is 1. The van der Waals surface area contributed by atoms with E-state index in [0.29, 0.717) is 13.2 Å². The third-order valence-corrected chi connectivity index (χ3v) is 4.23. The highest BCUT2D eigenvalue weighted by atomic mass is 16.5. The fourth-order valence-corrected chi connectivity index (χ4v) is 3.05. The monoisotopic (exact) mass is 270 g/mol. The summed E-state index contributed by atoms with van der Waals surface area (Å²) in [5.74, 6) is -1.48. The highest BCUT2D eigenvalue weighted by molar-refractivity contribution is 5.81. The van der Waals surface area contributed by atoms with Crippen LogP contribution in [0.3, 0.4) is 0 Å². The summed E-state index contributed by atoms with van der Waals surface area (Å²) in [6, 6.07) is -0.171. The number of aliphatic carboxylic acids is 1. The van der Waals surface area contributed by atoms with Gasteiger partial charge in [-0.2, -0.15) is 0 Å². The second-order valence-electron chi connectivity index (χ2n) is 5.31. The lowest BCUT2D eigenvalue weighted by Gasteiger charge is -2.32. The van der Waals surface area contributed by atoms with Gasteiger partial charge in [0.05, 0.1) is 25.2 Å². The van der Waals surface area contributed by atoms with Gasteiger partial charge in [-0.3, -0.25) is 9.59 Å². The molecular formula is C13H22N2O4. The van der Waals surface area contributed by atoms with Crippen LogP contribution in [0.2, 0.25) is 0 Å². The number of carboxylic acid groups (broad SMARTS) is 1. The van der Waals surface area contributed by atoms with E-state index >= 15 is 0 Å². The molecule has 2 saturated heterocycles. The molecule has 0 radical (unpaired) electrons. The van der Waals surface area contributed by atoms with Gasteiger partial charge in [0, 0.05) is 12.6 Å². The lowest BCUT2D eigenvalue weighted by molar-refractivity contribution is -0.146. The van der Waals surface area contributed by atoms with Gasteiger partial charge in [0.15, 0.2) is 0 Å². The Hall–Kier alpha value is -1.14.